The third-order valence-corrected chi connectivity index (χ3v) is 2.10. The third kappa shape index (κ3) is 5.52. The number of hydrogen-bond acceptors (Lipinski definition) is 2. The zero-order valence-electron chi connectivity index (χ0n) is 8.80. The van der Waals surface area contributed by atoms with Gasteiger partial charge >= 0.3 is 0 Å². The molecule has 3 nitrogen and oxygen atoms in total. The van der Waals surface area contributed by atoms with Crippen LogP contribution in [-0.2, 0) is 0 Å². The number of nitrogens with one attached hydrogen (secondary N) is 1. The molecule has 0 aliphatic heterocycles. The smallest absolute Gasteiger partial charge is 0.115 e. The van der Waals surface area contributed by atoms with Crippen LogP contribution in [0, 0.1) is 0 Å². The van der Waals surface area contributed by atoms with Gasteiger partial charge in [-0.2, -0.15) is 0 Å². The van der Waals surface area contributed by atoms with Crippen LogP contribution in [0.25, 0.3) is 0 Å². The molecule has 74 valence electrons. The monoisotopic (exact) mass is 175 g/mol. The fraction of sp³-hybridized carbons (Fsp3) is 1.00. The summed E-state index contributed by atoms with van der Waals surface area (Å²) >= 11 is 0. The van der Waals surface area contributed by atoms with Gasteiger partial charge in [-0.3, -0.25) is 0 Å². The summed E-state index contributed by atoms with van der Waals surface area (Å²) in [5, 5.41) is 9.59. The van der Waals surface area contributed by atoms with Crippen LogP contribution in [0.1, 0.15) is 13.8 Å². The Morgan fingerprint density at radius 3 is 2.08 bits per heavy atom. The highest BCUT2D eigenvalue weighted by molar-refractivity contribution is 4.55. The zero-order chi connectivity index (χ0) is 9.56. The molecule has 0 bridgehead atoms. The van der Waals surface area contributed by atoms with Gasteiger partial charge in [-0.25, -0.2) is 0 Å². The molecule has 0 fully saturated rings. The molecule has 0 aromatic rings. The van der Waals surface area contributed by atoms with Gasteiger partial charge in [-0.05, 0) is 27.9 Å². The van der Waals surface area contributed by atoms with E-state index in [2.05, 4.69) is 13.8 Å². The molecule has 0 amide bonds. The molecule has 0 aromatic heterocycles. The summed E-state index contributed by atoms with van der Waals surface area (Å²) in [6, 6.07) is 0. The molecule has 12 heavy (non-hydrogen) atoms. The number of aliphatic hydroxyl groups is 1. The third-order valence-electron chi connectivity index (χ3n) is 2.10. The van der Waals surface area contributed by atoms with E-state index in [-0.39, 0.29) is 6.10 Å². The summed E-state index contributed by atoms with van der Waals surface area (Å²) < 4.78 is 0. The summed E-state index contributed by atoms with van der Waals surface area (Å²) in [7, 11) is 3.97. The maximum absolute atomic E-state index is 9.59. The number of hydrogen-bond donors (Lipinski definition) is 2. The molecule has 0 aliphatic carbocycles. The van der Waals surface area contributed by atoms with Crippen molar-refractivity contribution in [3.8, 4) is 0 Å². The Hall–Kier alpha value is -0.120. The number of likely N-dealkylation sites (N-methyl/N-ethyl adjacent to an activating group) is 2. The second kappa shape index (κ2) is 6.40. The van der Waals surface area contributed by atoms with Crippen molar-refractivity contribution in [3.63, 3.8) is 0 Å². The minimum atomic E-state index is -0.185. The highest BCUT2D eigenvalue weighted by atomic mass is 16.3. The van der Waals surface area contributed by atoms with E-state index in [0.717, 1.165) is 26.2 Å². The maximum Gasteiger partial charge on any atom is 0.115 e. The van der Waals surface area contributed by atoms with E-state index in [1.807, 2.05) is 19.0 Å². The van der Waals surface area contributed by atoms with Gasteiger partial charge < -0.3 is 14.9 Å². The lowest BCUT2D eigenvalue weighted by Gasteiger charge is -2.21. The fourth-order valence-electron chi connectivity index (χ4n) is 1.36. The largest absolute Gasteiger partial charge is 0.386 e. The Morgan fingerprint density at radius 1 is 1.25 bits per heavy atom. The van der Waals surface area contributed by atoms with E-state index in [1.165, 1.54) is 4.90 Å². The molecule has 0 radical (unpaired) electrons. The Balaban J connectivity index is 3.58. The molecular weight excluding hydrogens is 152 g/mol. The average Bonchev–Trinajstić information content (AvgIpc) is 1.98. The second-order valence-electron chi connectivity index (χ2n) is 3.58. The van der Waals surface area contributed by atoms with Crippen LogP contribution in [0.2, 0.25) is 0 Å². The molecule has 0 aliphatic rings. The van der Waals surface area contributed by atoms with E-state index < -0.39 is 0 Å². The SMILES string of the molecule is CC[NH+](CC)CC(O)CN(C)C. The molecule has 0 saturated carbocycles. The molecule has 0 spiro atoms. The molecule has 0 rings (SSSR count). The molecule has 2 N–H and O–H groups in total. The highest BCUT2D eigenvalue weighted by Crippen LogP contribution is 1.81. The van der Waals surface area contributed by atoms with Crippen molar-refractivity contribution in [3.05, 3.63) is 0 Å². The Morgan fingerprint density at radius 2 is 1.75 bits per heavy atom. The number of quaternary nitrogens is 1. The number of aliphatic hydroxyl groups excluding tert-OH is 1. The average molecular weight is 175 g/mol. The van der Waals surface area contributed by atoms with Crippen LogP contribution in [-0.4, -0.2) is 56.4 Å². The van der Waals surface area contributed by atoms with E-state index in [4.69, 9.17) is 0 Å². The first-order valence-corrected chi connectivity index (χ1v) is 4.76. The van der Waals surface area contributed by atoms with E-state index in [0.29, 0.717) is 0 Å². The minimum Gasteiger partial charge on any atom is -0.386 e. The van der Waals surface area contributed by atoms with Gasteiger partial charge in [0.25, 0.3) is 0 Å². The van der Waals surface area contributed by atoms with Crippen LogP contribution in [0.5, 0.6) is 0 Å². The topological polar surface area (TPSA) is 27.9 Å². The fourth-order valence-corrected chi connectivity index (χ4v) is 1.36. The molecule has 0 aromatic carbocycles. The lowest BCUT2D eigenvalue weighted by Crippen LogP contribution is -3.12. The maximum atomic E-state index is 9.59. The van der Waals surface area contributed by atoms with Crippen molar-refractivity contribution in [2.75, 3.05) is 40.3 Å². The Labute approximate surface area is 76.0 Å². The lowest BCUT2D eigenvalue weighted by molar-refractivity contribution is -0.899. The van der Waals surface area contributed by atoms with Crippen molar-refractivity contribution in [2.24, 2.45) is 0 Å². The number of nitrogens with zero attached hydrogens (tertiary/aromatic N) is 1. The quantitative estimate of drug-likeness (QED) is 0.533. The standard InChI is InChI=1S/C9H22N2O/c1-5-11(6-2)8-9(12)7-10(3)4/h9,12H,5-8H2,1-4H3/p+1. The molecular formula is C9H23N2O+. The number of rotatable bonds is 6. The van der Waals surface area contributed by atoms with Crippen LogP contribution in [0.15, 0.2) is 0 Å². The van der Waals surface area contributed by atoms with Gasteiger partial charge in [0.05, 0.1) is 13.1 Å². The highest BCUT2D eigenvalue weighted by Gasteiger charge is 2.11. The Kier molecular flexibility index (Phi) is 6.34. The van der Waals surface area contributed by atoms with Crippen molar-refractivity contribution < 1.29 is 10.0 Å². The van der Waals surface area contributed by atoms with Crippen molar-refractivity contribution in [2.45, 2.75) is 20.0 Å². The Bertz CT molecular complexity index is 103. The zero-order valence-corrected chi connectivity index (χ0v) is 8.80. The summed E-state index contributed by atoms with van der Waals surface area (Å²) in [6.07, 6.45) is -0.185. The van der Waals surface area contributed by atoms with Gasteiger partial charge in [0.15, 0.2) is 0 Å². The normalized spacial score (nSPS) is 14.2. The summed E-state index contributed by atoms with van der Waals surface area (Å²) in [5.74, 6) is 0. The first kappa shape index (κ1) is 11.9. The van der Waals surface area contributed by atoms with Gasteiger partial charge in [0.1, 0.15) is 12.6 Å². The molecule has 1 atom stereocenters. The first-order valence-electron chi connectivity index (χ1n) is 4.76. The van der Waals surface area contributed by atoms with E-state index in [1.54, 1.807) is 0 Å². The summed E-state index contributed by atoms with van der Waals surface area (Å²) in [4.78, 5) is 3.48. The first-order chi connectivity index (χ1) is 5.60. The van der Waals surface area contributed by atoms with Gasteiger partial charge in [0.2, 0.25) is 0 Å². The molecule has 1 unspecified atom stereocenters. The van der Waals surface area contributed by atoms with E-state index >= 15 is 0 Å². The predicted octanol–water partition coefficient (Wildman–Crippen LogP) is -1.17. The second-order valence-corrected chi connectivity index (χ2v) is 3.58. The summed E-state index contributed by atoms with van der Waals surface area (Å²) in [5.41, 5.74) is 0. The predicted molar refractivity (Wildman–Crippen MR) is 51.5 cm³/mol. The van der Waals surface area contributed by atoms with Crippen LogP contribution in [0.3, 0.4) is 0 Å². The van der Waals surface area contributed by atoms with Crippen LogP contribution in [0.4, 0.5) is 0 Å². The molecule has 0 saturated heterocycles. The summed E-state index contributed by atoms with van der Waals surface area (Å²) in [6.45, 7) is 8.14. The van der Waals surface area contributed by atoms with Crippen molar-refractivity contribution in [1.82, 2.24) is 4.90 Å². The van der Waals surface area contributed by atoms with E-state index in [9.17, 15) is 5.11 Å². The van der Waals surface area contributed by atoms with Gasteiger partial charge in [0, 0.05) is 6.54 Å². The minimum absolute atomic E-state index is 0.185. The molecule has 3 heteroatoms. The van der Waals surface area contributed by atoms with Gasteiger partial charge in [-0.1, -0.05) is 0 Å². The van der Waals surface area contributed by atoms with Crippen molar-refractivity contribution in [1.29, 1.82) is 0 Å². The van der Waals surface area contributed by atoms with Crippen LogP contribution >= 0.6 is 0 Å². The van der Waals surface area contributed by atoms with Crippen LogP contribution < -0.4 is 4.90 Å². The van der Waals surface area contributed by atoms with Gasteiger partial charge in [-0.15, -0.1) is 0 Å². The van der Waals surface area contributed by atoms with Crippen molar-refractivity contribution >= 4 is 0 Å². The molecule has 0 heterocycles. The lowest BCUT2D eigenvalue weighted by atomic mass is 10.3.